The van der Waals surface area contributed by atoms with Crippen LogP contribution in [0, 0.1) is 11.8 Å². The number of hydrogen-bond acceptors (Lipinski definition) is 6. The monoisotopic (exact) mass is 488 g/mol. The third-order valence-corrected chi connectivity index (χ3v) is 9.75. The van der Waals surface area contributed by atoms with Crippen molar-refractivity contribution in [3.8, 4) is 0 Å². The molecule has 0 radical (unpaired) electrons. The summed E-state index contributed by atoms with van der Waals surface area (Å²) in [5.41, 5.74) is 2.09. The molecule has 2 N–H and O–H groups in total. The Morgan fingerprint density at radius 1 is 0.543 bits per heavy atom. The number of likely N-dealkylation sites (tertiary alicyclic amines) is 2. The Labute approximate surface area is 214 Å². The summed E-state index contributed by atoms with van der Waals surface area (Å²) < 4.78 is 0. The highest BCUT2D eigenvalue weighted by molar-refractivity contribution is 5.89. The minimum Gasteiger partial charge on any atom is -0.411 e. The molecule has 2 atom stereocenters. The lowest BCUT2D eigenvalue weighted by Gasteiger charge is -2.39. The molecule has 0 aromatic carbocycles. The molecule has 2 aliphatic carbocycles. The van der Waals surface area contributed by atoms with Crippen molar-refractivity contribution in [3.05, 3.63) is 0 Å². The van der Waals surface area contributed by atoms with E-state index in [1.165, 1.54) is 135 Å². The normalized spacial score (nSPS) is 32.2. The molecule has 0 spiro atoms. The fraction of sp³-hybridized carbons (Fsp3) is 0.931. The van der Waals surface area contributed by atoms with Gasteiger partial charge in [-0.05, 0) is 102 Å². The zero-order valence-electron chi connectivity index (χ0n) is 22.3. The van der Waals surface area contributed by atoms with E-state index in [9.17, 15) is 10.4 Å². The highest BCUT2D eigenvalue weighted by Gasteiger charge is 2.31. The fourth-order valence-corrected chi connectivity index (χ4v) is 7.48. The number of hydrogen-bond donors (Lipinski definition) is 2. The predicted octanol–water partition coefficient (Wildman–Crippen LogP) is 6.69. The maximum Gasteiger partial charge on any atom is 0.0742 e. The summed E-state index contributed by atoms with van der Waals surface area (Å²) >= 11 is 0. The largest absolute Gasteiger partial charge is 0.411 e. The van der Waals surface area contributed by atoms with Crippen molar-refractivity contribution in [3.63, 3.8) is 0 Å². The summed E-state index contributed by atoms with van der Waals surface area (Å²) in [5, 5.41) is 26.6. The molecule has 2 saturated carbocycles. The van der Waals surface area contributed by atoms with Gasteiger partial charge in [-0.25, -0.2) is 0 Å². The van der Waals surface area contributed by atoms with Crippen molar-refractivity contribution in [1.82, 2.24) is 9.80 Å². The zero-order valence-corrected chi connectivity index (χ0v) is 22.3. The van der Waals surface area contributed by atoms with E-state index in [2.05, 4.69) is 20.1 Å². The molecule has 0 unspecified atom stereocenters. The smallest absolute Gasteiger partial charge is 0.0742 e. The highest BCUT2D eigenvalue weighted by atomic mass is 16.4. The zero-order chi connectivity index (χ0) is 24.3. The van der Waals surface area contributed by atoms with Gasteiger partial charge in [-0.1, -0.05) is 68.1 Å². The van der Waals surface area contributed by atoms with Crippen LogP contribution in [0.25, 0.3) is 0 Å². The average molecular weight is 489 g/mol. The van der Waals surface area contributed by atoms with E-state index in [4.69, 9.17) is 0 Å². The van der Waals surface area contributed by atoms with Gasteiger partial charge in [-0.2, -0.15) is 0 Å². The molecule has 0 aromatic heterocycles. The molecule has 6 heteroatoms. The highest BCUT2D eigenvalue weighted by Crippen LogP contribution is 2.31. The number of nitrogens with zero attached hydrogens (tertiary/aromatic N) is 4. The van der Waals surface area contributed by atoms with E-state index in [-0.39, 0.29) is 0 Å². The Morgan fingerprint density at radius 2 is 0.943 bits per heavy atom. The number of piperidine rings is 2. The van der Waals surface area contributed by atoms with Crippen LogP contribution in [0.3, 0.4) is 0 Å². The predicted molar refractivity (Wildman–Crippen MR) is 144 cm³/mol. The van der Waals surface area contributed by atoms with Crippen molar-refractivity contribution >= 4 is 11.4 Å². The lowest BCUT2D eigenvalue weighted by atomic mass is 9.85. The van der Waals surface area contributed by atoms with Gasteiger partial charge in [-0.15, -0.1) is 0 Å². The molecule has 4 aliphatic rings. The summed E-state index contributed by atoms with van der Waals surface area (Å²) in [7, 11) is 0. The first-order valence-electron chi connectivity index (χ1n) is 15.2. The maximum absolute atomic E-state index is 9.58. The third kappa shape index (κ3) is 7.92. The van der Waals surface area contributed by atoms with Crippen LogP contribution in [0.4, 0.5) is 0 Å². The Morgan fingerprint density at radius 3 is 1.34 bits per heavy atom. The minimum absolute atomic E-state index is 0.390. The van der Waals surface area contributed by atoms with Crippen LogP contribution in [-0.2, 0) is 0 Å². The Bertz CT molecular complexity index is 610. The van der Waals surface area contributed by atoms with Crippen molar-refractivity contribution in [2.45, 2.75) is 134 Å². The van der Waals surface area contributed by atoms with Gasteiger partial charge in [-0.3, -0.25) is 9.80 Å². The van der Waals surface area contributed by atoms with Crippen LogP contribution >= 0.6 is 0 Å². The molecule has 0 bridgehead atoms. The van der Waals surface area contributed by atoms with Crippen LogP contribution in [0.1, 0.15) is 122 Å². The van der Waals surface area contributed by atoms with E-state index in [1.807, 2.05) is 0 Å². The van der Waals surface area contributed by atoms with Crippen molar-refractivity contribution in [1.29, 1.82) is 0 Å². The molecular formula is C29H52N4O2. The molecule has 200 valence electrons. The van der Waals surface area contributed by atoms with Crippen LogP contribution in [0.5, 0.6) is 0 Å². The first-order chi connectivity index (χ1) is 17.3. The molecule has 4 rings (SSSR count). The molecule has 4 fully saturated rings. The van der Waals surface area contributed by atoms with Crippen molar-refractivity contribution < 1.29 is 10.4 Å². The lowest BCUT2D eigenvalue weighted by Crippen LogP contribution is -2.46. The molecule has 0 amide bonds. The number of oxime groups is 2. The van der Waals surface area contributed by atoms with Gasteiger partial charge >= 0.3 is 0 Å². The van der Waals surface area contributed by atoms with Gasteiger partial charge in [0, 0.05) is 0 Å². The molecule has 35 heavy (non-hydrogen) atoms. The van der Waals surface area contributed by atoms with E-state index >= 15 is 0 Å². The lowest BCUT2D eigenvalue weighted by molar-refractivity contribution is 0.135. The van der Waals surface area contributed by atoms with Gasteiger partial charge < -0.3 is 10.4 Å². The summed E-state index contributed by atoms with van der Waals surface area (Å²) in [4.78, 5) is 5.26. The van der Waals surface area contributed by atoms with Gasteiger partial charge in [0.05, 0.1) is 23.5 Å². The van der Waals surface area contributed by atoms with E-state index in [0.717, 1.165) is 36.1 Å². The summed E-state index contributed by atoms with van der Waals surface area (Å²) in [6.07, 6.45) is 23.9. The molecule has 2 heterocycles. The SMILES string of the molecule is O/N=C1/CCCCCC[C@@H]1N1CCC(CCCC2CCN([C@H]3CCCCCC/C3=N/O)CC2)CC1. The summed E-state index contributed by atoms with van der Waals surface area (Å²) in [5.74, 6) is 1.76. The van der Waals surface area contributed by atoms with Crippen LogP contribution in [0.2, 0.25) is 0 Å². The molecule has 6 nitrogen and oxygen atoms in total. The van der Waals surface area contributed by atoms with Crippen LogP contribution in [-0.4, -0.2) is 69.9 Å². The van der Waals surface area contributed by atoms with Gasteiger partial charge in [0.15, 0.2) is 0 Å². The minimum atomic E-state index is 0.390. The van der Waals surface area contributed by atoms with E-state index in [1.54, 1.807) is 0 Å². The summed E-state index contributed by atoms with van der Waals surface area (Å²) in [6.45, 7) is 4.73. The van der Waals surface area contributed by atoms with Gasteiger partial charge in [0.2, 0.25) is 0 Å². The Hall–Kier alpha value is -1.14. The quantitative estimate of drug-likeness (QED) is 0.323. The Kier molecular flexibility index (Phi) is 11.2. The van der Waals surface area contributed by atoms with Crippen molar-refractivity contribution in [2.75, 3.05) is 26.2 Å². The summed E-state index contributed by atoms with van der Waals surface area (Å²) in [6, 6.07) is 0.779. The third-order valence-electron chi connectivity index (χ3n) is 9.75. The second kappa shape index (κ2) is 14.6. The molecule has 2 saturated heterocycles. The second-order valence-electron chi connectivity index (χ2n) is 12.0. The second-order valence-corrected chi connectivity index (χ2v) is 12.0. The maximum atomic E-state index is 9.58. The topological polar surface area (TPSA) is 71.7 Å². The van der Waals surface area contributed by atoms with Gasteiger partial charge in [0.25, 0.3) is 0 Å². The fourth-order valence-electron chi connectivity index (χ4n) is 7.48. The Balaban J connectivity index is 1.13. The molecule has 0 aromatic rings. The van der Waals surface area contributed by atoms with E-state index < -0.39 is 0 Å². The van der Waals surface area contributed by atoms with Crippen molar-refractivity contribution in [2.24, 2.45) is 22.1 Å². The molecular weight excluding hydrogens is 436 g/mol. The standard InChI is InChI=1S/C29H52N4O2/c34-30-26-12-5-1-3-7-14-28(26)32-20-16-24(17-21-32)10-9-11-25-18-22-33(23-19-25)29-15-8-4-2-6-13-27(29)31-35/h24-25,28-29,34-35H,1-23H2/b30-26-,31-27-/t28-,29-/m0/s1. The molecule has 2 aliphatic heterocycles. The van der Waals surface area contributed by atoms with E-state index in [0.29, 0.717) is 12.1 Å². The number of rotatable bonds is 6. The first-order valence-corrected chi connectivity index (χ1v) is 15.2. The first kappa shape index (κ1) is 26.9. The van der Waals surface area contributed by atoms with Crippen LogP contribution < -0.4 is 0 Å². The average Bonchev–Trinajstić information content (AvgIpc) is 2.86. The van der Waals surface area contributed by atoms with Gasteiger partial charge in [0.1, 0.15) is 0 Å². The van der Waals surface area contributed by atoms with Crippen LogP contribution in [0.15, 0.2) is 10.3 Å².